The molecular weight excluding hydrogens is 242 g/mol. The molecule has 20 heavy (non-hydrogen) atoms. The maximum Gasteiger partial charge on any atom is 0.0115 e. The number of hydrogen-bond donors (Lipinski definition) is 1. The minimum Gasteiger partial charge on any atom is -0.389 e. The molecule has 0 bridgehead atoms. The maximum atomic E-state index is 3.56. The van der Waals surface area contributed by atoms with Crippen LogP contribution in [0.15, 0.2) is 11.8 Å². The first kappa shape index (κ1) is 17.6. The first-order valence-electron chi connectivity index (χ1n) is 9.36. The van der Waals surface area contributed by atoms with Crippen LogP contribution in [0.1, 0.15) is 103 Å². The Morgan fingerprint density at radius 2 is 1.15 bits per heavy atom. The van der Waals surface area contributed by atoms with Gasteiger partial charge in [0, 0.05) is 12.2 Å². The van der Waals surface area contributed by atoms with Crippen molar-refractivity contribution in [1.29, 1.82) is 0 Å². The minimum atomic E-state index is 1.08. The smallest absolute Gasteiger partial charge is 0.0115 e. The average molecular weight is 280 g/mol. The predicted molar refractivity (Wildman–Crippen MR) is 91.0 cm³/mol. The van der Waals surface area contributed by atoms with Crippen LogP contribution >= 0.6 is 0 Å². The lowest BCUT2D eigenvalue weighted by Crippen LogP contribution is -2.12. The van der Waals surface area contributed by atoms with Gasteiger partial charge in [-0.3, -0.25) is 0 Å². The summed E-state index contributed by atoms with van der Waals surface area (Å²) in [6.07, 6.45) is 23.8. The second-order valence-electron chi connectivity index (χ2n) is 6.39. The lowest BCUT2D eigenvalue weighted by atomic mass is 10.0. The number of nitrogens with one attached hydrogen (secondary N) is 1. The van der Waals surface area contributed by atoms with Crippen molar-refractivity contribution in [3.8, 4) is 0 Å². The summed E-state index contributed by atoms with van der Waals surface area (Å²) in [6, 6.07) is 0. The SMILES string of the molecule is CCN/C1=C/CCCCCCCCCCCCCCC1. The highest BCUT2D eigenvalue weighted by atomic mass is 14.9. The monoisotopic (exact) mass is 279 g/mol. The van der Waals surface area contributed by atoms with Crippen molar-refractivity contribution in [2.24, 2.45) is 0 Å². The van der Waals surface area contributed by atoms with Gasteiger partial charge in [0.05, 0.1) is 0 Å². The van der Waals surface area contributed by atoms with E-state index in [0.717, 1.165) is 6.54 Å². The van der Waals surface area contributed by atoms with Gasteiger partial charge in [-0.15, -0.1) is 0 Å². The summed E-state index contributed by atoms with van der Waals surface area (Å²) in [4.78, 5) is 0. The van der Waals surface area contributed by atoms with Crippen molar-refractivity contribution in [1.82, 2.24) is 5.32 Å². The van der Waals surface area contributed by atoms with E-state index in [4.69, 9.17) is 0 Å². The maximum absolute atomic E-state index is 3.56. The third-order valence-electron chi connectivity index (χ3n) is 4.44. The lowest BCUT2D eigenvalue weighted by molar-refractivity contribution is 0.538. The van der Waals surface area contributed by atoms with Crippen molar-refractivity contribution in [3.63, 3.8) is 0 Å². The first-order valence-corrected chi connectivity index (χ1v) is 9.36. The molecule has 0 aromatic heterocycles. The molecule has 1 rings (SSSR count). The van der Waals surface area contributed by atoms with Crippen LogP contribution in [-0.4, -0.2) is 6.54 Å². The Bertz CT molecular complexity index is 232. The number of rotatable bonds is 2. The van der Waals surface area contributed by atoms with E-state index >= 15 is 0 Å². The third kappa shape index (κ3) is 10.3. The van der Waals surface area contributed by atoms with Gasteiger partial charge in [0.2, 0.25) is 0 Å². The van der Waals surface area contributed by atoms with E-state index in [9.17, 15) is 0 Å². The van der Waals surface area contributed by atoms with Crippen molar-refractivity contribution < 1.29 is 0 Å². The van der Waals surface area contributed by atoms with E-state index in [1.54, 1.807) is 0 Å². The van der Waals surface area contributed by atoms with Gasteiger partial charge in [-0.2, -0.15) is 0 Å². The van der Waals surface area contributed by atoms with Gasteiger partial charge < -0.3 is 5.32 Å². The van der Waals surface area contributed by atoms with Crippen LogP contribution in [-0.2, 0) is 0 Å². The summed E-state index contributed by atoms with van der Waals surface area (Å²) >= 11 is 0. The summed E-state index contributed by atoms with van der Waals surface area (Å²) in [5.74, 6) is 0. The van der Waals surface area contributed by atoms with Gasteiger partial charge >= 0.3 is 0 Å². The van der Waals surface area contributed by atoms with Crippen LogP contribution in [0.4, 0.5) is 0 Å². The Labute approximate surface area is 127 Å². The van der Waals surface area contributed by atoms with E-state index < -0.39 is 0 Å². The Morgan fingerprint density at radius 3 is 1.65 bits per heavy atom. The molecule has 0 aliphatic heterocycles. The van der Waals surface area contributed by atoms with Crippen molar-refractivity contribution >= 4 is 0 Å². The van der Waals surface area contributed by atoms with E-state index in [-0.39, 0.29) is 0 Å². The summed E-state index contributed by atoms with van der Waals surface area (Å²) in [6.45, 7) is 3.29. The van der Waals surface area contributed by atoms with Crippen molar-refractivity contribution in [3.05, 3.63) is 11.8 Å². The Hall–Kier alpha value is -0.460. The quantitative estimate of drug-likeness (QED) is 0.621. The Kier molecular flexibility index (Phi) is 11.9. The van der Waals surface area contributed by atoms with Gasteiger partial charge in [-0.1, -0.05) is 76.7 Å². The molecule has 1 aliphatic rings. The highest BCUT2D eigenvalue weighted by molar-refractivity contribution is 4.99. The van der Waals surface area contributed by atoms with Crippen LogP contribution in [0.5, 0.6) is 0 Å². The van der Waals surface area contributed by atoms with Gasteiger partial charge in [-0.05, 0) is 32.6 Å². The van der Waals surface area contributed by atoms with Gasteiger partial charge in [0.25, 0.3) is 0 Å². The van der Waals surface area contributed by atoms with Crippen LogP contribution in [0, 0.1) is 0 Å². The standard InChI is InChI=1S/C19H37N/c1-2-20-19-17-15-13-11-9-7-5-3-4-6-8-10-12-14-16-18-19/h17,20H,2-16,18H2,1H3/b19-17+. The molecular formula is C19H37N. The summed E-state index contributed by atoms with van der Waals surface area (Å²) in [5, 5.41) is 3.56. The normalized spacial score (nSPS) is 24.4. The number of hydrogen-bond acceptors (Lipinski definition) is 1. The largest absolute Gasteiger partial charge is 0.389 e. The van der Waals surface area contributed by atoms with Crippen molar-refractivity contribution in [2.45, 2.75) is 103 Å². The molecule has 0 saturated heterocycles. The first-order chi connectivity index (χ1) is 9.93. The summed E-state index contributed by atoms with van der Waals surface area (Å²) < 4.78 is 0. The zero-order chi connectivity index (χ0) is 14.3. The predicted octanol–water partition coefficient (Wildman–Crippen LogP) is 6.34. The molecule has 0 fully saturated rings. The van der Waals surface area contributed by atoms with E-state index in [2.05, 4.69) is 18.3 Å². The molecule has 1 N–H and O–H groups in total. The van der Waals surface area contributed by atoms with Crippen LogP contribution in [0.25, 0.3) is 0 Å². The molecule has 0 radical (unpaired) electrons. The molecule has 118 valence electrons. The van der Waals surface area contributed by atoms with Gasteiger partial charge in [0.15, 0.2) is 0 Å². The third-order valence-corrected chi connectivity index (χ3v) is 4.44. The van der Waals surface area contributed by atoms with Gasteiger partial charge in [-0.25, -0.2) is 0 Å². The summed E-state index contributed by atoms with van der Waals surface area (Å²) in [7, 11) is 0. The Balaban J connectivity index is 2.27. The van der Waals surface area contributed by atoms with Crippen LogP contribution in [0.3, 0.4) is 0 Å². The second-order valence-corrected chi connectivity index (χ2v) is 6.39. The fourth-order valence-electron chi connectivity index (χ4n) is 3.17. The number of allylic oxidation sites excluding steroid dienone is 2. The fourth-order valence-corrected chi connectivity index (χ4v) is 3.17. The van der Waals surface area contributed by atoms with Crippen LogP contribution < -0.4 is 5.32 Å². The highest BCUT2D eigenvalue weighted by Crippen LogP contribution is 2.16. The molecule has 0 spiro atoms. The molecule has 1 aliphatic carbocycles. The molecule has 0 atom stereocenters. The Morgan fingerprint density at radius 1 is 0.700 bits per heavy atom. The minimum absolute atomic E-state index is 1.08. The highest BCUT2D eigenvalue weighted by Gasteiger charge is 1.98. The zero-order valence-corrected chi connectivity index (χ0v) is 13.9. The second kappa shape index (κ2) is 13.5. The molecule has 0 aromatic carbocycles. The van der Waals surface area contributed by atoms with Crippen molar-refractivity contribution in [2.75, 3.05) is 6.54 Å². The molecule has 0 saturated carbocycles. The topological polar surface area (TPSA) is 12.0 Å². The van der Waals surface area contributed by atoms with E-state index in [1.807, 2.05) is 0 Å². The van der Waals surface area contributed by atoms with E-state index in [0.29, 0.717) is 0 Å². The molecule has 1 heteroatoms. The fraction of sp³-hybridized carbons (Fsp3) is 0.895. The molecule has 1 nitrogen and oxygen atoms in total. The van der Waals surface area contributed by atoms with Gasteiger partial charge in [0.1, 0.15) is 0 Å². The molecule has 0 amide bonds. The van der Waals surface area contributed by atoms with E-state index in [1.165, 1.54) is 102 Å². The molecule has 0 unspecified atom stereocenters. The molecule has 0 heterocycles. The molecule has 0 aromatic rings. The lowest BCUT2D eigenvalue weighted by Gasteiger charge is -2.09. The average Bonchev–Trinajstić information content (AvgIpc) is 2.46. The summed E-state index contributed by atoms with van der Waals surface area (Å²) in [5.41, 5.74) is 1.51. The zero-order valence-electron chi connectivity index (χ0n) is 13.9. The van der Waals surface area contributed by atoms with Crippen LogP contribution in [0.2, 0.25) is 0 Å².